The monoisotopic (exact) mass is 490 g/mol. The average molecular weight is 491 g/mol. The molecule has 3 rings (SSSR count). The van der Waals surface area contributed by atoms with Crippen LogP contribution in [-0.2, 0) is 4.79 Å². The highest BCUT2D eigenvalue weighted by Crippen LogP contribution is 2.28. The molecule has 182 valence electrons. The summed E-state index contributed by atoms with van der Waals surface area (Å²) in [5, 5.41) is 22.9. The second-order valence-corrected chi connectivity index (χ2v) is 9.41. The lowest BCUT2D eigenvalue weighted by Crippen LogP contribution is -2.40. The van der Waals surface area contributed by atoms with Crippen LogP contribution in [0.2, 0.25) is 0 Å². The van der Waals surface area contributed by atoms with Crippen molar-refractivity contribution in [2.45, 2.75) is 39.3 Å². The minimum absolute atomic E-state index is 0.0320. The summed E-state index contributed by atoms with van der Waals surface area (Å²) in [4.78, 5) is 29.6. The number of aromatic nitrogens is 1. The van der Waals surface area contributed by atoms with E-state index in [-0.39, 0.29) is 24.5 Å². The number of urea groups is 1. The van der Waals surface area contributed by atoms with Gasteiger partial charge in [0, 0.05) is 16.6 Å². The highest BCUT2D eigenvalue weighted by atomic mass is 32.1. The van der Waals surface area contributed by atoms with Crippen molar-refractivity contribution in [2.75, 3.05) is 17.2 Å². The van der Waals surface area contributed by atoms with Crippen LogP contribution in [0.15, 0.2) is 60.0 Å². The Morgan fingerprint density at radius 3 is 2.57 bits per heavy atom. The van der Waals surface area contributed by atoms with E-state index < -0.39 is 6.04 Å². The maximum atomic E-state index is 12.5. The number of thiazole rings is 1. The van der Waals surface area contributed by atoms with E-state index in [0.717, 1.165) is 16.8 Å². The van der Waals surface area contributed by atoms with Crippen molar-refractivity contribution in [2.24, 2.45) is 5.92 Å². The number of hydrogen-bond donors (Lipinski definition) is 4. The molecular formula is C26H30N6O2S. The maximum Gasteiger partial charge on any atom is 0.319 e. The molecule has 0 spiro atoms. The van der Waals surface area contributed by atoms with Crippen LogP contribution in [0, 0.1) is 17.2 Å². The summed E-state index contributed by atoms with van der Waals surface area (Å²) < 4.78 is 0. The van der Waals surface area contributed by atoms with Gasteiger partial charge < -0.3 is 21.3 Å². The molecule has 8 nitrogen and oxygen atoms in total. The minimum atomic E-state index is -0.481. The number of nitriles is 1. The number of benzene rings is 2. The normalized spacial score (nSPS) is 12.3. The molecule has 0 fully saturated rings. The molecule has 0 saturated heterocycles. The SMILES string of the molecule is CC(C)C[C@H](Nc1nc(-c2cccc(NC(=O)N[C@H](C)c3ccccc3)c2)cs1)C(=O)NCC#N. The largest absolute Gasteiger partial charge is 0.350 e. The van der Waals surface area contributed by atoms with Gasteiger partial charge in [-0.15, -0.1) is 11.3 Å². The van der Waals surface area contributed by atoms with E-state index in [1.165, 1.54) is 11.3 Å². The van der Waals surface area contributed by atoms with Crippen molar-refractivity contribution in [3.8, 4) is 17.3 Å². The first kappa shape index (κ1) is 25.7. The van der Waals surface area contributed by atoms with Crippen molar-refractivity contribution >= 4 is 34.1 Å². The molecule has 3 aromatic rings. The Morgan fingerprint density at radius 1 is 1.09 bits per heavy atom. The second kappa shape index (κ2) is 12.5. The van der Waals surface area contributed by atoms with Gasteiger partial charge in [-0.2, -0.15) is 5.26 Å². The fourth-order valence-electron chi connectivity index (χ4n) is 3.52. The Morgan fingerprint density at radius 2 is 1.86 bits per heavy atom. The fourth-order valence-corrected chi connectivity index (χ4v) is 4.29. The average Bonchev–Trinajstić information content (AvgIpc) is 3.31. The van der Waals surface area contributed by atoms with Crippen LogP contribution < -0.4 is 21.3 Å². The summed E-state index contributed by atoms with van der Waals surface area (Å²) in [7, 11) is 0. The molecule has 1 aromatic heterocycles. The molecule has 0 aliphatic carbocycles. The maximum absolute atomic E-state index is 12.5. The zero-order chi connectivity index (χ0) is 25.2. The molecule has 0 bridgehead atoms. The fraction of sp³-hybridized carbons (Fsp3) is 0.308. The first-order valence-corrected chi connectivity index (χ1v) is 12.3. The third-order valence-electron chi connectivity index (χ3n) is 5.23. The zero-order valence-electron chi connectivity index (χ0n) is 20.0. The first-order valence-electron chi connectivity index (χ1n) is 11.4. The Kier molecular flexibility index (Phi) is 9.21. The summed E-state index contributed by atoms with van der Waals surface area (Å²) in [6.45, 7) is 5.97. The lowest BCUT2D eigenvalue weighted by molar-refractivity contribution is -0.121. The van der Waals surface area contributed by atoms with E-state index in [0.29, 0.717) is 23.2 Å². The summed E-state index contributed by atoms with van der Waals surface area (Å²) >= 11 is 1.40. The van der Waals surface area contributed by atoms with Crippen molar-refractivity contribution in [3.63, 3.8) is 0 Å². The highest BCUT2D eigenvalue weighted by Gasteiger charge is 2.21. The van der Waals surface area contributed by atoms with Crippen LogP contribution in [0.5, 0.6) is 0 Å². The summed E-state index contributed by atoms with van der Waals surface area (Å²) in [6, 6.07) is 18.2. The molecule has 4 N–H and O–H groups in total. The second-order valence-electron chi connectivity index (χ2n) is 8.55. The third-order valence-corrected chi connectivity index (χ3v) is 6.00. The van der Waals surface area contributed by atoms with Crippen LogP contribution in [0.4, 0.5) is 15.6 Å². The van der Waals surface area contributed by atoms with E-state index >= 15 is 0 Å². The van der Waals surface area contributed by atoms with Crippen LogP contribution >= 0.6 is 11.3 Å². The number of anilines is 2. The predicted octanol–water partition coefficient (Wildman–Crippen LogP) is 5.16. The van der Waals surface area contributed by atoms with Gasteiger partial charge in [-0.3, -0.25) is 4.79 Å². The molecule has 3 amide bonds. The highest BCUT2D eigenvalue weighted by molar-refractivity contribution is 7.14. The molecule has 0 saturated carbocycles. The van der Waals surface area contributed by atoms with E-state index in [1.54, 1.807) is 0 Å². The van der Waals surface area contributed by atoms with E-state index in [9.17, 15) is 9.59 Å². The number of nitrogens with zero attached hydrogens (tertiary/aromatic N) is 2. The number of amides is 3. The number of rotatable bonds is 10. The van der Waals surface area contributed by atoms with Gasteiger partial charge in [0.2, 0.25) is 5.91 Å². The number of nitrogens with one attached hydrogen (secondary N) is 4. The zero-order valence-corrected chi connectivity index (χ0v) is 20.9. The van der Waals surface area contributed by atoms with Crippen molar-refractivity contribution in [1.29, 1.82) is 5.26 Å². The minimum Gasteiger partial charge on any atom is -0.350 e. The standard InChI is InChI=1S/C26H30N6O2S/c1-17(2)14-22(24(33)28-13-12-27)31-26-32-23(16-35-26)20-10-7-11-21(15-20)30-25(34)29-18(3)19-8-5-4-6-9-19/h4-11,15-18,22H,13-14H2,1-3H3,(H,28,33)(H,31,32)(H2,29,30,34)/t18-,22+/m1/s1. The summed E-state index contributed by atoms with van der Waals surface area (Å²) in [5.41, 5.74) is 3.25. The molecule has 0 unspecified atom stereocenters. The van der Waals surface area contributed by atoms with Crippen LogP contribution in [0.1, 0.15) is 38.8 Å². The van der Waals surface area contributed by atoms with Gasteiger partial charge in [0.15, 0.2) is 5.13 Å². The Hall–Kier alpha value is -3.90. The van der Waals surface area contributed by atoms with Crippen molar-refractivity contribution in [1.82, 2.24) is 15.6 Å². The van der Waals surface area contributed by atoms with Gasteiger partial charge in [-0.1, -0.05) is 56.3 Å². The molecule has 0 aliphatic rings. The molecule has 0 radical (unpaired) electrons. The Bertz CT molecular complexity index is 1170. The summed E-state index contributed by atoms with van der Waals surface area (Å²) in [6.07, 6.45) is 0.613. The van der Waals surface area contributed by atoms with E-state index in [1.807, 2.05) is 86.8 Å². The summed E-state index contributed by atoms with van der Waals surface area (Å²) in [5.74, 6) is 0.0669. The quantitative estimate of drug-likeness (QED) is 0.293. The Balaban J connectivity index is 1.65. The molecule has 2 aromatic carbocycles. The van der Waals surface area contributed by atoms with Crippen LogP contribution in [0.3, 0.4) is 0 Å². The van der Waals surface area contributed by atoms with Crippen LogP contribution in [0.25, 0.3) is 11.3 Å². The lowest BCUT2D eigenvalue weighted by Gasteiger charge is -2.18. The number of carbonyl (C=O) groups is 2. The van der Waals surface area contributed by atoms with Gasteiger partial charge in [-0.25, -0.2) is 9.78 Å². The predicted molar refractivity (Wildman–Crippen MR) is 140 cm³/mol. The lowest BCUT2D eigenvalue weighted by atomic mass is 10.0. The smallest absolute Gasteiger partial charge is 0.319 e. The molecule has 9 heteroatoms. The van der Waals surface area contributed by atoms with Crippen molar-refractivity contribution in [3.05, 3.63) is 65.5 Å². The number of carbonyl (C=O) groups excluding carboxylic acids is 2. The van der Waals surface area contributed by atoms with Gasteiger partial charge in [0.05, 0.1) is 17.8 Å². The molecule has 1 heterocycles. The number of hydrogen-bond acceptors (Lipinski definition) is 6. The van der Waals surface area contributed by atoms with E-state index in [2.05, 4.69) is 26.3 Å². The molecule has 0 aliphatic heterocycles. The van der Waals surface area contributed by atoms with Crippen LogP contribution in [-0.4, -0.2) is 29.5 Å². The molecule has 2 atom stereocenters. The van der Waals surface area contributed by atoms with Gasteiger partial charge in [-0.05, 0) is 37.0 Å². The van der Waals surface area contributed by atoms with E-state index in [4.69, 9.17) is 5.26 Å². The molecular weight excluding hydrogens is 460 g/mol. The topological polar surface area (TPSA) is 119 Å². The van der Waals surface area contributed by atoms with Crippen molar-refractivity contribution < 1.29 is 9.59 Å². The third kappa shape index (κ3) is 7.83. The molecule has 35 heavy (non-hydrogen) atoms. The first-order chi connectivity index (χ1) is 16.9. The van der Waals surface area contributed by atoms with Gasteiger partial charge >= 0.3 is 6.03 Å². The van der Waals surface area contributed by atoms with Gasteiger partial charge in [0.1, 0.15) is 12.6 Å². The Labute approximate surface area is 209 Å². The van der Waals surface area contributed by atoms with Gasteiger partial charge in [0.25, 0.3) is 0 Å².